The summed E-state index contributed by atoms with van der Waals surface area (Å²) in [5.41, 5.74) is 0. The van der Waals surface area contributed by atoms with Crippen LogP contribution in [0.2, 0.25) is 0 Å². The molecule has 1 atom stereocenters. The summed E-state index contributed by atoms with van der Waals surface area (Å²) in [4.78, 5) is 0. The summed E-state index contributed by atoms with van der Waals surface area (Å²) >= 11 is 0. The van der Waals surface area contributed by atoms with Gasteiger partial charge in [-0.05, 0) is 6.42 Å². The Morgan fingerprint density at radius 3 is 2.62 bits per heavy atom. The Morgan fingerprint density at radius 1 is 1.62 bits per heavy atom. The lowest BCUT2D eigenvalue weighted by atomic mass is 10.3. The van der Waals surface area contributed by atoms with Gasteiger partial charge in [-0.15, -0.1) is 0 Å². The van der Waals surface area contributed by atoms with Crippen molar-refractivity contribution < 1.29 is 9.47 Å². The zero-order chi connectivity index (χ0) is 5.11. The molecule has 0 spiro atoms. The first-order chi connectivity index (χ1) is 3.43. The lowest BCUT2D eigenvalue weighted by molar-refractivity contribution is 0.0822. The van der Waals surface area contributed by atoms with Crippen molar-refractivity contribution in [1.82, 2.24) is 0 Å². The fourth-order valence-corrected chi connectivity index (χ4v) is 0.699. The van der Waals surface area contributed by atoms with Crippen LogP contribution in [0.5, 0.6) is 0 Å². The molecule has 0 amide bonds. The minimum atomic E-state index is 0. The zero-order valence-corrected chi connectivity index (χ0v) is 4.52. The van der Waals surface area contributed by atoms with E-state index in [1.807, 2.05) is 0 Å². The third-order valence-corrected chi connectivity index (χ3v) is 1.22. The zero-order valence-electron chi connectivity index (χ0n) is 4.52. The molecule has 0 saturated carbocycles. The molecule has 50 valence electrons. The second-order valence-electron chi connectivity index (χ2n) is 1.72. The Labute approximate surface area is 50.8 Å². The number of ether oxygens (including phenoxy) is 2. The first kappa shape index (κ1) is 7.92. The molecule has 1 aliphatic rings. The molecule has 0 bridgehead atoms. The summed E-state index contributed by atoms with van der Waals surface area (Å²) in [7, 11) is 1.72. The van der Waals surface area contributed by atoms with Gasteiger partial charge >= 0.3 is 0 Å². The fraction of sp³-hybridized carbons (Fsp3) is 1.00. The molecule has 8 heavy (non-hydrogen) atoms. The molecule has 1 aliphatic heterocycles. The second kappa shape index (κ2) is 3.87. The number of rotatable bonds is 1. The molecular weight excluding hydrogens is 104 g/mol. The lowest BCUT2D eigenvalue weighted by Crippen LogP contribution is -2.07. The van der Waals surface area contributed by atoms with Gasteiger partial charge in [-0.25, -0.2) is 0 Å². The highest BCUT2D eigenvalue weighted by Crippen LogP contribution is 2.05. The second-order valence-corrected chi connectivity index (χ2v) is 1.72. The minimum Gasteiger partial charge on any atom is -0.379 e. The van der Waals surface area contributed by atoms with E-state index >= 15 is 0 Å². The molecule has 0 aliphatic carbocycles. The van der Waals surface area contributed by atoms with Gasteiger partial charge in [0.15, 0.2) is 0 Å². The largest absolute Gasteiger partial charge is 0.379 e. The quantitative estimate of drug-likeness (QED) is 0.512. The van der Waals surface area contributed by atoms with E-state index < -0.39 is 0 Å². The van der Waals surface area contributed by atoms with Gasteiger partial charge in [-0.1, -0.05) is 7.43 Å². The Kier molecular flexibility index (Phi) is 3.83. The van der Waals surface area contributed by atoms with Gasteiger partial charge in [0.1, 0.15) is 0 Å². The van der Waals surface area contributed by atoms with Crippen molar-refractivity contribution in [1.29, 1.82) is 0 Å². The molecular formula is C6H14O2. The van der Waals surface area contributed by atoms with E-state index in [0.717, 1.165) is 19.6 Å². The molecule has 1 saturated heterocycles. The molecule has 0 N–H and O–H groups in total. The molecule has 1 fully saturated rings. The van der Waals surface area contributed by atoms with Crippen LogP contribution >= 0.6 is 0 Å². The summed E-state index contributed by atoms with van der Waals surface area (Å²) in [6.07, 6.45) is 1.44. The third-order valence-electron chi connectivity index (χ3n) is 1.22. The summed E-state index contributed by atoms with van der Waals surface area (Å²) in [5, 5.41) is 0. The predicted molar refractivity (Wildman–Crippen MR) is 33.0 cm³/mol. The van der Waals surface area contributed by atoms with Crippen LogP contribution < -0.4 is 0 Å². The van der Waals surface area contributed by atoms with Crippen LogP contribution in [0.25, 0.3) is 0 Å². The molecule has 2 nitrogen and oxygen atoms in total. The summed E-state index contributed by atoms with van der Waals surface area (Å²) in [5.74, 6) is 0. The highest BCUT2D eigenvalue weighted by Gasteiger charge is 2.12. The van der Waals surface area contributed by atoms with Crippen LogP contribution in [0, 0.1) is 0 Å². The van der Waals surface area contributed by atoms with Crippen LogP contribution in [0.1, 0.15) is 13.8 Å². The van der Waals surface area contributed by atoms with Crippen molar-refractivity contribution in [2.24, 2.45) is 0 Å². The fourth-order valence-electron chi connectivity index (χ4n) is 0.699. The van der Waals surface area contributed by atoms with Gasteiger partial charge in [0.25, 0.3) is 0 Å². The van der Waals surface area contributed by atoms with E-state index in [2.05, 4.69) is 0 Å². The summed E-state index contributed by atoms with van der Waals surface area (Å²) < 4.78 is 10.0. The van der Waals surface area contributed by atoms with Crippen molar-refractivity contribution in [3.63, 3.8) is 0 Å². The molecule has 2 heteroatoms. The molecule has 1 heterocycles. The third kappa shape index (κ3) is 1.80. The molecule has 0 aromatic rings. The van der Waals surface area contributed by atoms with Crippen molar-refractivity contribution >= 4 is 0 Å². The van der Waals surface area contributed by atoms with Crippen molar-refractivity contribution in [2.45, 2.75) is 20.0 Å². The van der Waals surface area contributed by atoms with Crippen molar-refractivity contribution in [3.8, 4) is 0 Å². The normalized spacial score (nSPS) is 27.4. The maximum absolute atomic E-state index is 5.02. The van der Waals surface area contributed by atoms with Gasteiger partial charge in [-0.2, -0.15) is 0 Å². The maximum atomic E-state index is 5.02. The minimum absolute atomic E-state index is 0. The van der Waals surface area contributed by atoms with E-state index in [1.54, 1.807) is 7.11 Å². The topological polar surface area (TPSA) is 18.5 Å². The Hall–Kier alpha value is -0.0800. The maximum Gasteiger partial charge on any atom is 0.0826 e. The highest BCUT2D eigenvalue weighted by molar-refractivity contribution is 4.60. The average Bonchev–Trinajstić information content (AvgIpc) is 2.14. The standard InChI is InChI=1S/C5H10O2.CH4/c1-6-5-2-3-7-4-5;/h5H,2-4H2,1H3;1H4. The Morgan fingerprint density at radius 2 is 2.38 bits per heavy atom. The molecule has 0 aromatic heterocycles. The smallest absolute Gasteiger partial charge is 0.0826 e. The van der Waals surface area contributed by atoms with Gasteiger partial charge in [-0.3, -0.25) is 0 Å². The molecule has 0 aromatic carbocycles. The van der Waals surface area contributed by atoms with Gasteiger partial charge in [0, 0.05) is 13.7 Å². The SMILES string of the molecule is C.COC1CCOC1. The lowest BCUT2D eigenvalue weighted by Gasteiger charge is -2.00. The average molecular weight is 118 g/mol. The Bertz CT molecular complexity index is 48.5. The van der Waals surface area contributed by atoms with E-state index in [-0.39, 0.29) is 7.43 Å². The van der Waals surface area contributed by atoms with Crippen LogP contribution in [0.15, 0.2) is 0 Å². The highest BCUT2D eigenvalue weighted by atomic mass is 16.5. The van der Waals surface area contributed by atoms with Crippen LogP contribution in [-0.4, -0.2) is 26.4 Å². The van der Waals surface area contributed by atoms with E-state index in [1.165, 1.54) is 0 Å². The predicted octanol–water partition coefficient (Wildman–Crippen LogP) is 1.06. The van der Waals surface area contributed by atoms with E-state index in [4.69, 9.17) is 9.47 Å². The van der Waals surface area contributed by atoms with Crippen LogP contribution in [-0.2, 0) is 9.47 Å². The van der Waals surface area contributed by atoms with Gasteiger partial charge in [0.2, 0.25) is 0 Å². The first-order valence-electron chi connectivity index (χ1n) is 2.54. The molecule has 1 unspecified atom stereocenters. The molecule has 0 radical (unpaired) electrons. The van der Waals surface area contributed by atoms with Gasteiger partial charge in [0.05, 0.1) is 12.7 Å². The number of methoxy groups -OCH3 is 1. The van der Waals surface area contributed by atoms with Crippen molar-refractivity contribution in [3.05, 3.63) is 0 Å². The van der Waals surface area contributed by atoms with Crippen LogP contribution in [0.3, 0.4) is 0 Å². The van der Waals surface area contributed by atoms with Gasteiger partial charge < -0.3 is 9.47 Å². The number of hydrogen-bond acceptors (Lipinski definition) is 2. The summed E-state index contributed by atoms with van der Waals surface area (Å²) in [6, 6.07) is 0. The number of hydrogen-bond donors (Lipinski definition) is 0. The van der Waals surface area contributed by atoms with Crippen molar-refractivity contribution in [2.75, 3.05) is 20.3 Å². The monoisotopic (exact) mass is 118 g/mol. The molecule has 1 rings (SSSR count). The van der Waals surface area contributed by atoms with E-state index in [9.17, 15) is 0 Å². The Balaban J connectivity index is 0.000000490. The van der Waals surface area contributed by atoms with Crippen LogP contribution in [0.4, 0.5) is 0 Å². The summed E-state index contributed by atoms with van der Waals surface area (Å²) in [6.45, 7) is 1.66. The first-order valence-corrected chi connectivity index (χ1v) is 2.54. The van der Waals surface area contributed by atoms with E-state index in [0.29, 0.717) is 6.10 Å².